The lowest BCUT2D eigenvalue weighted by atomic mass is 10.2. The van der Waals surface area contributed by atoms with Crippen molar-refractivity contribution in [2.75, 3.05) is 24.7 Å². The molecule has 2 rings (SSSR count). The molecule has 2 heterocycles. The van der Waals surface area contributed by atoms with Crippen LogP contribution in [0.25, 0.3) is 0 Å². The Balaban J connectivity index is 1.93. The molecule has 0 aliphatic carbocycles. The van der Waals surface area contributed by atoms with Crippen LogP contribution in [0, 0.1) is 0 Å². The predicted molar refractivity (Wildman–Crippen MR) is 84.9 cm³/mol. The van der Waals surface area contributed by atoms with Gasteiger partial charge in [0.15, 0.2) is 18.2 Å². The highest BCUT2D eigenvalue weighted by Gasteiger charge is 2.29. The summed E-state index contributed by atoms with van der Waals surface area (Å²) in [6.45, 7) is 2.27. The van der Waals surface area contributed by atoms with Crippen molar-refractivity contribution < 1.29 is 19.1 Å². The maximum absolute atomic E-state index is 12.0. The first kappa shape index (κ1) is 16.7. The van der Waals surface area contributed by atoms with E-state index >= 15 is 0 Å². The van der Waals surface area contributed by atoms with Gasteiger partial charge in [0, 0.05) is 0 Å². The monoisotopic (exact) mass is 370 g/mol. The van der Waals surface area contributed by atoms with E-state index in [0.29, 0.717) is 22.8 Å². The second-order valence-corrected chi connectivity index (χ2v) is 5.82. The number of halogens is 1. The lowest BCUT2D eigenvalue weighted by Gasteiger charge is -2.27. The number of unbranched alkanes of at least 4 members (excludes halogenated alkanes) is 3. The van der Waals surface area contributed by atoms with Gasteiger partial charge in [-0.25, -0.2) is 4.98 Å². The highest BCUT2D eigenvalue weighted by molar-refractivity contribution is 9.10. The Morgan fingerprint density at radius 1 is 1.41 bits per heavy atom. The molecule has 1 aromatic rings. The van der Waals surface area contributed by atoms with Crippen LogP contribution < -0.4 is 9.64 Å². The number of fused-ring (bicyclic) bond motifs is 1. The van der Waals surface area contributed by atoms with E-state index in [1.54, 1.807) is 12.1 Å². The molecular formula is C15H19BrN2O4. The van der Waals surface area contributed by atoms with Crippen molar-refractivity contribution >= 4 is 33.6 Å². The van der Waals surface area contributed by atoms with Crippen LogP contribution in [0.1, 0.15) is 32.6 Å². The Hall–Kier alpha value is -1.63. The minimum absolute atomic E-state index is 0.0971. The smallest absolute Gasteiger partial charge is 0.326 e. The predicted octanol–water partition coefficient (Wildman–Crippen LogP) is 2.69. The van der Waals surface area contributed by atoms with Gasteiger partial charge in [-0.2, -0.15) is 0 Å². The third-order valence-corrected chi connectivity index (χ3v) is 3.70. The first-order valence-electron chi connectivity index (χ1n) is 7.37. The van der Waals surface area contributed by atoms with Crippen LogP contribution in [0.4, 0.5) is 5.82 Å². The van der Waals surface area contributed by atoms with Gasteiger partial charge in [0.25, 0.3) is 5.91 Å². The molecule has 1 amide bonds. The minimum atomic E-state index is -0.431. The Morgan fingerprint density at radius 2 is 2.23 bits per heavy atom. The molecule has 1 aliphatic rings. The summed E-state index contributed by atoms with van der Waals surface area (Å²) in [6.07, 6.45) is 4.15. The third kappa shape index (κ3) is 4.43. The minimum Gasteiger partial charge on any atom is -0.480 e. The van der Waals surface area contributed by atoms with Crippen LogP contribution in [0.2, 0.25) is 0 Å². The Kier molecular flexibility index (Phi) is 6.18. The molecule has 120 valence electrons. The highest BCUT2D eigenvalue weighted by Crippen LogP contribution is 2.31. The topological polar surface area (TPSA) is 68.7 Å². The normalized spacial score (nSPS) is 13.5. The summed E-state index contributed by atoms with van der Waals surface area (Å²) >= 11 is 3.25. The molecular weight excluding hydrogens is 352 g/mol. The third-order valence-electron chi connectivity index (χ3n) is 3.26. The second-order valence-electron chi connectivity index (χ2n) is 5.01. The molecule has 6 nitrogen and oxygen atoms in total. The summed E-state index contributed by atoms with van der Waals surface area (Å²) in [4.78, 5) is 29.4. The maximum atomic E-state index is 12.0. The lowest BCUT2D eigenvalue weighted by molar-refractivity contribution is -0.143. The molecule has 0 atom stereocenters. The number of carbonyl (C=O) groups is 2. The number of hydrogen-bond donors (Lipinski definition) is 0. The van der Waals surface area contributed by atoms with Crippen LogP contribution >= 0.6 is 15.9 Å². The van der Waals surface area contributed by atoms with Crippen molar-refractivity contribution in [1.82, 2.24) is 4.98 Å². The summed E-state index contributed by atoms with van der Waals surface area (Å²) in [5, 5.41) is 0. The van der Waals surface area contributed by atoms with Crippen molar-refractivity contribution in [1.29, 1.82) is 0 Å². The molecule has 7 heteroatoms. The van der Waals surface area contributed by atoms with Gasteiger partial charge >= 0.3 is 5.97 Å². The number of anilines is 1. The standard InChI is InChI=1S/C15H19BrN2O4/c1-2-3-4-5-8-21-14(20)9-18-13(19)10-22-11-6-7-12(16)17-15(11)18/h6-7H,2-5,8-10H2,1H3. The molecule has 0 radical (unpaired) electrons. The molecule has 0 spiro atoms. The number of pyridine rings is 1. The Labute approximate surface area is 137 Å². The van der Waals surface area contributed by atoms with Gasteiger partial charge < -0.3 is 9.47 Å². The van der Waals surface area contributed by atoms with E-state index in [0.717, 1.165) is 25.7 Å². The first-order chi connectivity index (χ1) is 10.6. The van der Waals surface area contributed by atoms with Crippen molar-refractivity contribution in [2.45, 2.75) is 32.6 Å². The zero-order chi connectivity index (χ0) is 15.9. The average molecular weight is 371 g/mol. The number of amides is 1. The molecule has 1 aromatic heterocycles. The van der Waals surface area contributed by atoms with Crippen LogP contribution in [0.5, 0.6) is 5.75 Å². The molecule has 1 aliphatic heterocycles. The number of rotatable bonds is 7. The fourth-order valence-electron chi connectivity index (χ4n) is 2.11. The number of nitrogens with zero attached hydrogens (tertiary/aromatic N) is 2. The molecule has 0 bridgehead atoms. The Bertz CT molecular complexity index is 550. The van der Waals surface area contributed by atoms with E-state index in [9.17, 15) is 9.59 Å². The molecule has 0 aromatic carbocycles. The molecule has 0 N–H and O–H groups in total. The largest absolute Gasteiger partial charge is 0.480 e. The van der Waals surface area contributed by atoms with Crippen molar-refractivity contribution in [3.63, 3.8) is 0 Å². The SMILES string of the molecule is CCCCCCOC(=O)CN1C(=O)COc2ccc(Br)nc21. The number of ether oxygens (including phenoxy) is 2. The fraction of sp³-hybridized carbons (Fsp3) is 0.533. The van der Waals surface area contributed by atoms with Gasteiger partial charge in [-0.15, -0.1) is 0 Å². The van der Waals surface area contributed by atoms with Gasteiger partial charge in [-0.05, 0) is 34.5 Å². The quantitative estimate of drug-likeness (QED) is 0.419. The van der Waals surface area contributed by atoms with Gasteiger partial charge in [0.2, 0.25) is 0 Å². The van der Waals surface area contributed by atoms with Crippen LogP contribution in [-0.2, 0) is 14.3 Å². The highest BCUT2D eigenvalue weighted by atomic mass is 79.9. The molecule has 0 saturated heterocycles. The summed E-state index contributed by atoms with van der Waals surface area (Å²) in [6, 6.07) is 3.43. The van der Waals surface area contributed by atoms with E-state index in [-0.39, 0.29) is 19.1 Å². The maximum Gasteiger partial charge on any atom is 0.326 e. The van der Waals surface area contributed by atoms with Gasteiger partial charge in [-0.3, -0.25) is 14.5 Å². The van der Waals surface area contributed by atoms with E-state index in [1.807, 2.05) is 0 Å². The molecule has 0 unspecified atom stereocenters. The van der Waals surface area contributed by atoms with Crippen LogP contribution in [0.3, 0.4) is 0 Å². The van der Waals surface area contributed by atoms with E-state index in [4.69, 9.17) is 9.47 Å². The van der Waals surface area contributed by atoms with E-state index in [1.165, 1.54) is 4.90 Å². The van der Waals surface area contributed by atoms with Gasteiger partial charge in [0.1, 0.15) is 11.1 Å². The molecule has 0 fully saturated rings. The van der Waals surface area contributed by atoms with E-state index in [2.05, 4.69) is 27.8 Å². The number of esters is 1. The van der Waals surface area contributed by atoms with E-state index < -0.39 is 5.97 Å². The number of carbonyl (C=O) groups excluding carboxylic acids is 2. The average Bonchev–Trinajstić information content (AvgIpc) is 2.50. The zero-order valence-corrected chi connectivity index (χ0v) is 14.1. The number of hydrogen-bond acceptors (Lipinski definition) is 5. The van der Waals surface area contributed by atoms with Crippen molar-refractivity contribution in [3.05, 3.63) is 16.7 Å². The molecule has 22 heavy (non-hydrogen) atoms. The van der Waals surface area contributed by atoms with Crippen molar-refractivity contribution in [3.8, 4) is 5.75 Å². The van der Waals surface area contributed by atoms with Crippen LogP contribution in [-0.4, -0.2) is 36.6 Å². The van der Waals surface area contributed by atoms with Gasteiger partial charge in [-0.1, -0.05) is 26.2 Å². The first-order valence-corrected chi connectivity index (χ1v) is 8.16. The fourth-order valence-corrected chi connectivity index (χ4v) is 2.41. The lowest BCUT2D eigenvalue weighted by Crippen LogP contribution is -2.43. The molecule has 0 saturated carbocycles. The summed E-state index contributed by atoms with van der Waals surface area (Å²) in [7, 11) is 0. The Morgan fingerprint density at radius 3 is 3.00 bits per heavy atom. The van der Waals surface area contributed by atoms with Crippen molar-refractivity contribution in [2.24, 2.45) is 0 Å². The van der Waals surface area contributed by atoms with Gasteiger partial charge in [0.05, 0.1) is 6.61 Å². The van der Waals surface area contributed by atoms with Crippen LogP contribution in [0.15, 0.2) is 16.7 Å². The number of aromatic nitrogens is 1. The zero-order valence-electron chi connectivity index (χ0n) is 12.5. The summed E-state index contributed by atoms with van der Waals surface area (Å²) in [5.74, 6) is 0.0904. The second kappa shape index (κ2) is 8.12. The summed E-state index contributed by atoms with van der Waals surface area (Å²) in [5.41, 5.74) is 0. The summed E-state index contributed by atoms with van der Waals surface area (Å²) < 4.78 is 11.0.